The van der Waals surface area contributed by atoms with Crippen molar-refractivity contribution in [2.75, 3.05) is 6.54 Å². The molecule has 0 aromatic heterocycles. The van der Waals surface area contributed by atoms with E-state index in [0.717, 1.165) is 12.1 Å². The topological polar surface area (TPSA) is 29.5 Å². The molecule has 0 saturated carbocycles. The van der Waals surface area contributed by atoms with E-state index in [1.165, 1.54) is 29.2 Å². The second kappa shape index (κ2) is 7.89. The highest BCUT2D eigenvalue weighted by Crippen LogP contribution is 2.40. The van der Waals surface area contributed by atoms with E-state index in [-0.39, 0.29) is 5.82 Å². The highest BCUT2D eigenvalue weighted by Gasteiger charge is 2.42. The van der Waals surface area contributed by atoms with Crippen LogP contribution >= 0.6 is 0 Å². The van der Waals surface area contributed by atoms with Crippen molar-refractivity contribution in [2.24, 2.45) is 0 Å². The zero-order chi connectivity index (χ0) is 21.2. The molecule has 1 saturated heterocycles. The van der Waals surface area contributed by atoms with E-state index in [4.69, 9.17) is 4.74 Å². The third-order valence-electron chi connectivity index (χ3n) is 5.31. The third kappa shape index (κ3) is 4.28. The number of alkyl halides is 3. The number of hydrogen-bond donors (Lipinski definition) is 0. The quantitative estimate of drug-likeness (QED) is 0.435. The number of benzene rings is 2. The summed E-state index contributed by atoms with van der Waals surface area (Å²) in [5.74, 6) is -0.387. The van der Waals surface area contributed by atoms with Crippen LogP contribution < -0.4 is 0 Å². The van der Waals surface area contributed by atoms with Crippen LogP contribution in [0.1, 0.15) is 42.5 Å². The van der Waals surface area contributed by atoms with Crippen LogP contribution in [-0.4, -0.2) is 17.5 Å². The maximum atomic E-state index is 13.3. The minimum absolute atomic E-state index is 0.340. The van der Waals surface area contributed by atoms with Gasteiger partial charge in [0.25, 0.3) is 0 Å². The number of carbonyl (C=O) groups is 1. The normalized spacial score (nSPS) is 20.9. The zero-order valence-corrected chi connectivity index (χ0v) is 15.9. The first-order valence-electron chi connectivity index (χ1n) is 9.20. The first kappa shape index (κ1) is 20.9. The van der Waals surface area contributed by atoms with Crippen LogP contribution in [-0.2, 0) is 16.5 Å². The fraction of sp³-hybridized carbons (Fsp3) is 0.318. The Morgan fingerprint density at radius 3 is 2.31 bits per heavy atom. The van der Waals surface area contributed by atoms with Crippen LogP contribution in [0.5, 0.6) is 0 Å². The Balaban J connectivity index is 1.80. The molecule has 1 fully saturated rings. The Kier molecular flexibility index (Phi) is 5.68. The van der Waals surface area contributed by atoms with E-state index in [9.17, 15) is 22.4 Å². The highest BCUT2D eigenvalue weighted by molar-refractivity contribution is 5.70. The van der Waals surface area contributed by atoms with Gasteiger partial charge >= 0.3 is 12.3 Å². The lowest BCUT2D eigenvalue weighted by Crippen LogP contribution is -2.48. The molecule has 2 aromatic carbocycles. The van der Waals surface area contributed by atoms with E-state index in [1.54, 1.807) is 25.1 Å². The first-order valence-corrected chi connectivity index (χ1v) is 9.20. The summed E-state index contributed by atoms with van der Waals surface area (Å²) in [6.07, 6.45) is -2.53. The lowest BCUT2D eigenvalue weighted by molar-refractivity contribution is -0.137. The maximum Gasteiger partial charge on any atom is 0.416 e. The lowest BCUT2D eigenvalue weighted by atomic mass is 9.85. The lowest BCUT2D eigenvalue weighted by Gasteiger charge is -2.43. The Morgan fingerprint density at radius 2 is 1.79 bits per heavy atom. The molecule has 0 aliphatic carbocycles. The molecule has 2 atom stereocenters. The number of rotatable bonds is 5. The second-order valence-electron chi connectivity index (χ2n) is 7.10. The van der Waals surface area contributed by atoms with E-state index < -0.39 is 29.5 Å². The molecule has 3 rings (SSSR count). The molecule has 0 bridgehead atoms. The summed E-state index contributed by atoms with van der Waals surface area (Å²) in [6.45, 7) is 5.80. The van der Waals surface area contributed by atoms with Gasteiger partial charge in [0.1, 0.15) is 11.4 Å². The minimum Gasteiger partial charge on any atom is -0.437 e. The van der Waals surface area contributed by atoms with E-state index >= 15 is 0 Å². The van der Waals surface area contributed by atoms with E-state index in [2.05, 4.69) is 6.58 Å². The Bertz CT molecular complexity index is 877. The highest BCUT2D eigenvalue weighted by atomic mass is 19.4. The van der Waals surface area contributed by atoms with E-state index in [0.29, 0.717) is 30.5 Å². The van der Waals surface area contributed by atoms with Gasteiger partial charge in [-0.3, -0.25) is 0 Å². The van der Waals surface area contributed by atoms with Gasteiger partial charge in [0.05, 0.1) is 11.6 Å². The SMILES string of the molecule is C=CCC1(c2ccc(F)cc2)CCN([C@@H](C)c2ccc(C(F)(F)F)cc2)C(=O)O1. The molecular formula is C22H21F4NO2. The standard InChI is InChI=1S/C22H21F4NO2/c1-3-12-21(17-8-10-19(23)11-9-17)13-14-27(20(28)29-21)15(2)16-4-6-18(7-5-16)22(24,25)26/h3-11,15H,1,12-14H2,2H3/t15-,21?/m0/s1. The zero-order valence-electron chi connectivity index (χ0n) is 15.9. The number of halogens is 4. The monoisotopic (exact) mass is 407 g/mol. The number of carbonyl (C=O) groups excluding carboxylic acids is 1. The predicted molar refractivity (Wildman–Crippen MR) is 101 cm³/mol. The molecule has 1 amide bonds. The average Bonchev–Trinajstić information content (AvgIpc) is 2.68. The van der Waals surface area contributed by atoms with Gasteiger partial charge in [-0.1, -0.05) is 30.3 Å². The second-order valence-corrected chi connectivity index (χ2v) is 7.10. The summed E-state index contributed by atoms with van der Waals surface area (Å²) >= 11 is 0. The largest absolute Gasteiger partial charge is 0.437 e. The Labute approximate surface area is 166 Å². The smallest absolute Gasteiger partial charge is 0.416 e. The first-order chi connectivity index (χ1) is 13.7. The van der Waals surface area contributed by atoms with Crippen LogP contribution in [0.4, 0.5) is 22.4 Å². The molecular weight excluding hydrogens is 386 g/mol. The van der Waals surface area contributed by atoms with Gasteiger partial charge in [-0.05, 0) is 42.3 Å². The van der Waals surface area contributed by atoms with Gasteiger partial charge in [-0.2, -0.15) is 13.2 Å². The fourth-order valence-corrected chi connectivity index (χ4v) is 3.60. The summed E-state index contributed by atoms with van der Waals surface area (Å²) in [5, 5.41) is 0. The van der Waals surface area contributed by atoms with Gasteiger partial charge in [0.2, 0.25) is 0 Å². The molecule has 2 aromatic rings. The predicted octanol–water partition coefficient (Wildman–Crippen LogP) is 6.22. The molecule has 3 nitrogen and oxygen atoms in total. The van der Waals surface area contributed by atoms with Crippen molar-refractivity contribution < 1.29 is 27.1 Å². The van der Waals surface area contributed by atoms with Crippen molar-refractivity contribution in [3.63, 3.8) is 0 Å². The molecule has 29 heavy (non-hydrogen) atoms. The van der Waals surface area contributed by atoms with Crippen LogP contribution in [0.3, 0.4) is 0 Å². The number of hydrogen-bond acceptors (Lipinski definition) is 2. The van der Waals surface area contributed by atoms with Gasteiger partial charge in [0, 0.05) is 19.4 Å². The van der Waals surface area contributed by atoms with Crippen molar-refractivity contribution >= 4 is 6.09 Å². The van der Waals surface area contributed by atoms with Crippen molar-refractivity contribution in [1.82, 2.24) is 4.90 Å². The maximum absolute atomic E-state index is 13.3. The number of cyclic esters (lactones) is 1. The van der Waals surface area contributed by atoms with Gasteiger partial charge in [0.15, 0.2) is 0 Å². The molecule has 0 spiro atoms. The van der Waals surface area contributed by atoms with Gasteiger partial charge < -0.3 is 9.64 Å². The number of amides is 1. The summed E-state index contributed by atoms with van der Waals surface area (Å²) in [6, 6.07) is 10.1. The van der Waals surface area contributed by atoms with Crippen molar-refractivity contribution in [1.29, 1.82) is 0 Å². The van der Waals surface area contributed by atoms with Gasteiger partial charge in [-0.25, -0.2) is 9.18 Å². The molecule has 0 radical (unpaired) electrons. The third-order valence-corrected chi connectivity index (χ3v) is 5.31. The Morgan fingerprint density at radius 1 is 1.17 bits per heavy atom. The molecule has 1 aliphatic heterocycles. The average molecular weight is 407 g/mol. The number of nitrogens with zero attached hydrogens (tertiary/aromatic N) is 1. The van der Waals surface area contributed by atoms with Gasteiger partial charge in [-0.15, -0.1) is 6.58 Å². The van der Waals surface area contributed by atoms with Crippen molar-refractivity contribution in [2.45, 2.75) is 37.6 Å². The molecule has 154 valence electrons. The Hall–Kier alpha value is -2.83. The molecule has 7 heteroatoms. The molecule has 1 unspecified atom stereocenters. The molecule has 0 N–H and O–H groups in total. The van der Waals surface area contributed by atoms with Crippen molar-refractivity contribution in [3.8, 4) is 0 Å². The van der Waals surface area contributed by atoms with Crippen molar-refractivity contribution in [3.05, 3.63) is 83.7 Å². The number of ether oxygens (including phenoxy) is 1. The molecule has 1 heterocycles. The summed E-state index contributed by atoms with van der Waals surface area (Å²) in [5.41, 5.74) is -0.430. The minimum atomic E-state index is -4.41. The van der Waals surface area contributed by atoms with Crippen LogP contribution in [0.25, 0.3) is 0 Å². The fourth-order valence-electron chi connectivity index (χ4n) is 3.60. The molecule has 1 aliphatic rings. The van der Waals surface area contributed by atoms with Crippen LogP contribution in [0, 0.1) is 5.82 Å². The summed E-state index contributed by atoms with van der Waals surface area (Å²) in [4.78, 5) is 14.3. The van der Waals surface area contributed by atoms with Crippen LogP contribution in [0.2, 0.25) is 0 Å². The van der Waals surface area contributed by atoms with Crippen LogP contribution in [0.15, 0.2) is 61.2 Å². The van der Waals surface area contributed by atoms with E-state index in [1.807, 2.05) is 0 Å². The summed E-state index contributed by atoms with van der Waals surface area (Å²) < 4.78 is 57.4. The summed E-state index contributed by atoms with van der Waals surface area (Å²) in [7, 11) is 0.